The molecule has 6 nitrogen and oxygen atoms in total. The first-order chi connectivity index (χ1) is 15.1. The molecule has 0 aliphatic carbocycles. The molecule has 1 unspecified atom stereocenters. The number of aliphatic carboxylic acids is 1. The maximum absolute atomic E-state index is 13.7. The van der Waals surface area contributed by atoms with Gasteiger partial charge in [-0.05, 0) is 44.0 Å². The van der Waals surface area contributed by atoms with Crippen LogP contribution in [0.5, 0.6) is 0 Å². The number of allylic oxidation sites excluding steroid dienone is 3. The van der Waals surface area contributed by atoms with Gasteiger partial charge in [-0.15, -0.1) is 0 Å². The normalized spacial score (nSPS) is 18.3. The van der Waals surface area contributed by atoms with Gasteiger partial charge in [-0.25, -0.2) is 9.18 Å². The number of nitrogens with zero attached hydrogens (tertiary/aromatic N) is 1. The lowest BCUT2D eigenvalue weighted by Crippen LogP contribution is -2.56. The molecular weight excluding hydrogens is 413 g/mol. The second kappa shape index (κ2) is 9.28. The number of carboxylic acid groups (broad SMARTS) is 1. The Hall–Kier alpha value is -3.58. The van der Waals surface area contributed by atoms with Crippen LogP contribution in [0.3, 0.4) is 0 Å². The summed E-state index contributed by atoms with van der Waals surface area (Å²) >= 11 is 0. The van der Waals surface area contributed by atoms with Crippen LogP contribution < -0.4 is 9.59 Å². The summed E-state index contributed by atoms with van der Waals surface area (Å²) in [4.78, 5) is 35.8. The Morgan fingerprint density at radius 1 is 1.09 bits per heavy atom. The SMILES string of the molecule is CC(C)[N+]1(c2ccc(F)cc2)C=C(CC/C(O)=C\C(=O)CC(=O)[O-])c2ccccc2C1=O. The van der Waals surface area contributed by atoms with E-state index in [-0.39, 0.29) is 28.6 Å². The molecule has 32 heavy (non-hydrogen) atoms. The van der Waals surface area contributed by atoms with E-state index in [1.165, 1.54) is 12.1 Å². The topological polar surface area (TPSA) is 94.5 Å². The van der Waals surface area contributed by atoms with Crippen LogP contribution in [-0.2, 0) is 9.59 Å². The number of rotatable bonds is 8. The minimum atomic E-state index is -1.51. The summed E-state index contributed by atoms with van der Waals surface area (Å²) in [5.41, 5.74) is 2.63. The van der Waals surface area contributed by atoms with Gasteiger partial charge in [-0.3, -0.25) is 4.79 Å². The number of aliphatic hydroxyl groups is 1. The fourth-order valence-electron chi connectivity index (χ4n) is 4.00. The molecule has 1 N–H and O–H groups in total. The van der Waals surface area contributed by atoms with Crippen molar-refractivity contribution in [3.8, 4) is 0 Å². The van der Waals surface area contributed by atoms with Crippen molar-refractivity contribution < 1.29 is 29.0 Å². The summed E-state index contributed by atoms with van der Waals surface area (Å²) in [5.74, 6) is -3.07. The predicted octanol–water partition coefficient (Wildman–Crippen LogP) is 3.67. The number of amides is 1. The molecule has 1 aliphatic rings. The minimum Gasteiger partial charge on any atom is -0.550 e. The summed E-state index contributed by atoms with van der Waals surface area (Å²) in [6.45, 7) is 3.80. The van der Waals surface area contributed by atoms with Crippen LogP contribution in [0.4, 0.5) is 10.1 Å². The number of hydrogen-bond donors (Lipinski definition) is 1. The number of quaternary nitrogens is 1. The second-order valence-corrected chi connectivity index (χ2v) is 8.00. The second-order valence-electron chi connectivity index (χ2n) is 8.00. The Morgan fingerprint density at radius 2 is 1.72 bits per heavy atom. The van der Waals surface area contributed by atoms with Crippen molar-refractivity contribution in [1.29, 1.82) is 0 Å². The van der Waals surface area contributed by atoms with Gasteiger partial charge < -0.3 is 15.0 Å². The number of hydrogen-bond acceptors (Lipinski definition) is 5. The van der Waals surface area contributed by atoms with Gasteiger partial charge in [0.25, 0.3) is 0 Å². The zero-order chi connectivity index (χ0) is 23.5. The first-order valence-electron chi connectivity index (χ1n) is 10.3. The average Bonchev–Trinajstić information content (AvgIpc) is 2.73. The van der Waals surface area contributed by atoms with E-state index in [9.17, 15) is 29.0 Å². The Kier molecular flexibility index (Phi) is 6.69. The smallest absolute Gasteiger partial charge is 0.356 e. The molecule has 1 heterocycles. The largest absolute Gasteiger partial charge is 0.550 e. The molecule has 0 saturated carbocycles. The van der Waals surface area contributed by atoms with E-state index in [1.54, 1.807) is 24.3 Å². The van der Waals surface area contributed by atoms with E-state index >= 15 is 0 Å². The number of benzene rings is 2. The highest BCUT2D eigenvalue weighted by molar-refractivity contribution is 6.10. The van der Waals surface area contributed by atoms with Gasteiger partial charge in [0.15, 0.2) is 5.78 Å². The van der Waals surface area contributed by atoms with E-state index in [0.29, 0.717) is 17.7 Å². The molecule has 2 aromatic rings. The molecule has 1 atom stereocenters. The van der Waals surface area contributed by atoms with Gasteiger partial charge in [0.2, 0.25) is 0 Å². The fourth-order valence-corrected chi connectivity index (χ4v) is 4.00. The van der Waals surface area contributed by atoms with Crippen molar-refractivity contribution in [3.63, 3.8) is 0 Å². The van der Waals surface area contributed by atoms with Gasteiger partial charge in [0, 0.05) is 36.2 Å². The third-order valence-corrected chi connectivity index (χ3v) is 5.56. The zero-order valence-electron chi connectivity index (χ0n) is 17.9. The quantitative estimate of drug-likeness (QED) is 0.294. The van der Waals surface area contributed by atoms with E-state index in [4.69, 9.17) is 0 Å². The molecule has 0 spiro atoms. The molecule has 1 amide bonds. The number of carboxylic acids is 1. The lowest BCUT2D eigenvalue weighted by molar-refractivity contribution is -0.304. The Bertz CT molecular complexity index is 1120. The zero-order valence-corrected chi connectivity index (χ0v) is 17.9. The molecule has 0 bridgehead atoms. The van der Waals surface area contributed by atoms with Crippen molar-refractivity contribution >= 4 is 28.9 Å². The number of halogens is 1. The number of ketones is 1. The molecule has 1 aliphatic heterocycles. The predicted molar refractivity (Wildman–Crippen MR) is 117 cm³/mol. The molecule has 0 fully saturated rings. The highest BCUT2D eigenvalue weighted by Crippen LogP contribution is 2.40. The van der Waals surface area contributed by atoms with Crippen molar-refractivity contribution in [2.45, 2.75) is 39.2 Å². The molecule has 166 valence electrons. The van der Waals surface area contributed by atoms with Crippen LogP contribution in [0, 0.1) is 5.82 Å². The van der Waals surface area contributed by atoms with Crippen LogP contribution in [0.25, 0.3) is 5.57 Å². The average molecular weight is 437 g/mol. The van der Waals surface area contributed by atoms with E-state index in [0.717, 1.165) is 17.2 Å². The lowest BCUT2D eigenvalue weighted by atomic mass is 9.90. The molecule has 7 heteroatoms. The standard InChI is InChI=1S/C25H24FNO5/c1-16(2)27(19-10-8-18(26)9-11-19)15-17(22-5-3-4-6-23(22)25(27)32)7-12-20(28)13-21(29)14-24(30)31/h3-6,8-11,13,15-16H,7,12,14H2,1-2H3,(H-,28,29,30,31). The summed E-state index contributed by atoms with van der Waals surface area (Å²) in [6.07, 6.45) is 2.29. The molecule has 0 aromatic heterocycles. The maximum Gasteiger partial charge on any atom is 0.356 e. The summed E-state index contributed by atoms with van der Waals surface area (Å²) in [7, 11) is 0. The highest BCUT2D eigenvalue weighted by Gasteiger charge is 2.46. The lowest BCUT2D eigenvalue weighted by Gasteiger charge is -2.39. The number of aliphatic hydroxyl groups excluding tert-OH is 1. The summed E-state index contributed by atoms with van der Waals surface area (Å²) in [6, 6.07) is 12.7. The van der Waals surface area contributed by atoms with Crippen LogP contribution >= 0.6 is 0 Å². The summed E-state index contributed by atoms with van der Waals surface area (Å²) in [5, 5.41) is 20.7. The molecule has 3 rings (SSSR count). The first kappa shape index (κ1) is 23.1. The van der Waals surface area contributed by atoms with E-state index in [1.807, 2.05) is 32.2 Å². The Labute approximate surface area is 185 Å². The minimum absolute atomic E-state index is 0.0780. The van der Waals surface area contributed by atoms with Crippen LogP contribution in [0.15, 0.2) is 66.6 Å². The van der Waals surface area contributed by atoms with Crippen molar-refractivity contribution in [1.82, 2.24) is 4.48 Å². The third-order valence-electron chi connectivity index (χ3n) is 5.56. The molecular formula is C25H24FNO5. The van der Waals surface area contributed by atoms with Gasteiger partial charge in [-0.2, -0.15) is 4.48 Å². The van der Waals surface area contributed by atoms with Gasteiger partial charge in [0.05, 0.1) is 23.8 Å². The molecule has 0 saturated heterocycles. The van der Waals surface area contributed by atoms with Crippen LogP contribution in [0.2, 0.25) is 0 Å². The van der Waals surface area contributed by atoms with Crippen molar-refractivity contribution in [2.75, 3.05) is 0 Å². The van der Waals surface area contributed by atoms with E-state index in [2.05, 4.69) is 0 Å². The molecule has 0 radical (unpaired) electrons. The third kappa shape index (κ3) is 4.53. The number of fused-ring (bicyclic) bond motifs is 1. The maximum atomic E-state index is 13.7. The number of carbonyl (C=O) groups excluding carboxylic acids is 3. The molecule has 2 aromatic carbocycles. The fraction of sp³-hybridized carbons (Fsp3) is 0.240. The first-order valence-corrected chi connectivity index (χ1v) is 10.3. The number of carbonyl (C=O) groups is 3. The van der Waals surface area contributed by atoms with Gasteiger partial charge in [-0.1, -0.05) is 18.2 Å². The monoisotopic (exact) mass is 437 g/mol. The highest BCUT2D eigenvalue weighted by atomic mass is 19.1. The Morgan fingerprint density at radius 3 is 2.31 bits per heavy atom. The summed E-state index contributed by atoms with van der Waals surface area (Å²) < 4.78 is 13.4. The van der Waals surface area contributed by atoms with E-state index < -0.39 is 24.0 Å². The Balaban J connectivity index is 2.03. The van der Waals surface area contributed by atoms with Crippen LogP contribution in [-0.4, -0.2) is 28.8 Å². The van der Waals surface area contributed by atoms with Crippen LogP contribution in [0.1, 0.15) is 49.0 Å². The van der Waals surface area contributed by atoms with Gasteiger partial charge >= 0.3 is 5.91 Å². The van der Waals surface area contributed by atoms with Gasteiger partial charge in [0.1, 0.15) is 17.7 Å². The van der Waals surface area contributed by atoms with Crippen molar-refractivity contribution in [3.05, 3.63) is 83.5 Å². The van der Waals surface area contributed by atoms with Crippen molar-refractivity contribution in [2.24, 2.45) is 0 Å².